The van der Waals surface area contributed by atoms with E-state index in [0.717, 1.165) is 22.5 Å². The maximum Gasteiger partial charge on any atom is 0.245 e. The number of hydrogen-bond acceptors (Lipinski definition) is 10. The number of aromatic hydroxyl groups is 1. The fourth-order valence-electron chi connectivity index (χ4n) is 8.54. The quantitative estimate of drug-likeness (QED) is 0.194. The molecule has 4 fully saturated rings. The number of nitrogens with zero attached hydrogens (tertiary/aromatic N) is 8. The maximum atomic E-state index is 13.1. The Balaban J connectivity index is 0.000000177. The van der Waals surface area contributed by atoms with Crippen molar-refractivity contribution in [3.63, 3.8) is 0 Å². The van der Waals surface area contributed by atoms with E-state index < -0.39 is 0 Å². The van der Waals surface area contributed by atoms with Crippen LogP contribution in [-0.4, -0.2) is 123 Å². The minimum Gasteiger partial charge on any atom is -0.506 e. The predicted molar refractivity (Wildman–Crippen MR) is 239 cm³/mol. The lowest BCUT2D eigenvalue weighted by molar-refractivity contribution is -0.142. The predicted octanol–water partition coefficient (Wildman–Crippen LogP) is 4.96. The number of benzene rings is 3. The molecular weight excluding hydrogens is 797 g/mol. The van der Waals surface area contributed by atoms with Gasteiger partial charge in [-0.2, -0.15) is 0 Å². The number of piperazine rings is 2. The molecule has 0 spiro atoms. The van der Waals surface area contributed by atoms with Gasteiger partial charge in [0, 0.05) is 52.4 Å². The second kappa shape index (κ2) is 19.4. The summed E-state index contributed by atoms with van der Waals surface area (Å²) in [7, 11) is 0. The van der Waals surface area contributed by atoms with Crippen molar-refractivity contribution in [1.29, 1.82) is 0 Å². The van der Waals surface area contributed by atoms with E-state index in [1.165, 1.54) is 17.3 Å². The number of carbonyl (C=O) groups is 4. The summed E-state index contributed by atoms with van der Waals surface area (Å²) in [5.41, 5.74) is 5.71. The highest BCUT2D eigenvalue weighted by molar-refractivity contribution is 5.92. The zero-order valence-electron chi connectivity index (χ0n) is 35.9. The average Bonchev–Trinajstić information content (AvgIpc) is 3.85. The molecule has 0 radical (unpaired) electrons. The smallest absolute Gasteiger partial charge is 0.245 e. The molecule has 4 amide bonds. The number of likely N-dealkylation sites (tertiary alicyclic amines) is 2. The van der Waals surface area contributed by atoms with Crippen LogP contribution in [0.3, 0.4) is 0 Å². The third-order valence-electron chi connectivity index (χ3n) is 12.1. The monoisotopic (exact) mass is 850 g/mol. The van der Waals surface area contributed by atoms with Crippen LogP contribution in [0.15, 0.2) is 116 Å². The first-order valence-electron chi connectivity index (χ1n) is 21.6. The zero-order chi connectivity index (χ0) is 43.9. The molecule has 0 bridgehead atoms. The molecule has 14 heteroatoms. The maximum absolute atomic E-state index is 13.1. The summed E-state index contributed by atoms with van der Waals surface area (Å²) in [6.07, 6.45) is 4.42. The van der Waals surface area contributed by atoms with E-state index in [4.69, 9.17) is 4.74 Å². The van der Waals surface area contributed by atoms with E-state index in [1.807, 2.05) is 93.3 Å². The second-order valence-electron chi connectivity index (χ2n) is 16.6. The van der Waals surface area contributed by atoms with Crippen molar-refractivity contribution >= 4 is 35.3 Å². The van der Waals surface area contributed by atoms with E-state index in [1.54, 1.807) is 28.1 Å². The van der Waals surface area contributed by atoms with Gasteiger partial charge in [-0.1, -0.05) is 90.0 Å². The molecule has 2 aromatic heterocycles. The van der Waals surface area contributed by atoms with Gasteiger partial charge in [0.05, 0.1) is 25.5 Å². The zero-order valence-corrected chi connectivity index (χ0v) is 35.9. The number of aryl methyl sites for hydroxylation is 2. The summed E-state index contributed by atoms with van der Waals surface area (Å²) < 4.78 is 5.81. The first-order valence-corrected chi connectivity index (χ1v) is 21.6. The molecular formula is C49H54N8O6. The molecule has 2 atom stereocenters. The van der Waals surface area contributed by atoms with Crippen molar-refractivity contribution in [1.82, 2.24) is 29.6 Å². The molecule has 1 N–H and O–H groups in total. The fraction of sp³-hybridized carbons (Fsp3) is 0.347. The van der Waals surface area contributed by atoms with Crippen molar-refractivity contribution in [2.45, 2.75) is 58.5 Å². The van der Waals surface area contributed by atoms with E-state index >= 15 is 0 Å². The highest BCUT2D eigenvalue weighted by Gasteiger charge is 2.41. The van der Waals surface area contributed by atoms with Gasteiger partial charge < -0.3 is 39.2 Å². The number of carbonyl (C=O) groups excluding carboxylic acids is 4. The Morgan fingerprint density at radius 1 is 0.556 bits per heavy atom. The molecule has 9 rings (SSSR count). The molecule has 4 aliphatic heterocycles. The molecule has 0 saturated carbocycles. The molecule has 3 aromatic carbocycles. The lowest BCUT2D eigenvalue weighted by Crippen LogP contribution is -2.56. The normalized spacial score (nSPS) is 19.1. The van der Waals surface area contributed by atoms with E-state index in [2.05, 4.69) is 41.2 Å². The van der Waals surface area contributed by atoms with Crippen LogP contribution in [0.1, 0.15) is 40.7 Å². The summed E-state index contributed by atoms with van der Waals surface area (Å²) in [5.74, 6) is 2.17. The van der Waals surface area contributed by atoms with Gasteiger partial charge in [0.1, 0.15) is 41.8 Å². The molecule has 6 heterocycles. The van der Waals surface area contributed by atoms with Crippen molar-refractivity contribution in [3.8, 4) is 11.5 Å². The summed E-state index contributed by atoms with van der Waals surface area (Å²) in [4.78, 5) is 71.4. The molecule has 0 unspecified atom stereocenters. The first kappa shape index (κ1) is 42.7. The third kappa shape index (κ3) is 10.4. The number of amides is 4. The van der Waals surface area contributed by atoms with Gasteiger partial charge in [0.25, 0.3) is 0 Å². The van der Waals surface area contributed by atoms with Gasteiger partial charge in [-0.15, -0.1) is 0 Å². The Labute approximate surface area is 368 Å². The van der Waals surface area contributed by atoms with Gasteiger partial charge in [0.15, 0.2) is 0 Å². The summed E-state index contributed by atoms with van der Waals surface area (Å²) in [5, 5.41) is 9.37. The molecule has 14 nitrogen and oxygen atoms in total. The van der Waals surface area contributed by atoms with Crippen LogP contribution in [0.2, 0.25) is 0 Å². The number of aromatic nitrogens is 2. The van der Waals surface area contributed by atoms with Crippen LogP contribution in [0, 0.1) is 13.8 Å². The SMILES string of the molecule is Cc1ccc(CN2CC[C@@H](N3CCN(c4ccc(O)cn4)CC3=O)C2=O)cc1.Cc1ccc(CN2CC[C@@H](N3CCN(c4ccc(OCc5ccccc5)cn4)CC3=O)C2=O)cc1. The summed E-state index contributed by atoms with van der Waals surface area (Å²) in [6.45, 7) is 9.78. The minimum absolute atomic E-state index is 0.0296. The van der Waals surface area contributed by atoms with Crippen molar-refractivity contribution in [2.75, 3.05) is 62.2 Å². The molecule has 5 aromatic rings. The first-order chi connectivity index (χ1) is 30.6. The minimum atomic E-state index is -0.368. The highest BCUT2D eigenvalue weighted by Crippen LogP contribution is 2.26. The molecule has 4 saturated heterocycles. The second-order valence-corrected chi connectivity index (χ2v) is 16.6. The van der Waals surface area contributed by atoms with Crippen LogP contribution in [-0.2, 0) is 38.9 Å². The van der Waals surface area contributed by atoms with Crippen LogP contribution in [0.4, 0.5) is 11.6 Å². The topological polar surface area (TPSA) is 143 Å². The largest absolute Gasteiger partial charge is 0.506 e. The lowest BCUT2D eigenvalue weighted by Gasteiger charge is -2.37. The number of pyridine rings is 2. The molecule has 0 aliphatic carbocycles. The lowest BCUT2D eigenvalue weighted by atomic mass is 10.1. The van der Waals surface area contributed by atoms with Crippen LogP contribution < -0.4 is 14.5 Å². The molecule has 63 heavy (non-hydrogen) atoms. The third-order valence-corrected chi connectivity index (χ3v) is 12.1. The Hall–Kier alpha value is -6.96. The number of hydrogen-bond donors (Lipinski definition) is 1. The van der Waals surface area contributed by atoms with E-state index in [0.29, 0.717) is 83.4 Å². The van der Waals surface area contributed by atoms with Gasteiger partial charge in [-0.05, 0) is 67.6 Å². The van der Waals surface area contributed by atoms with Gasteiger partial charge in [0.2, 0.25) is 23.6 Å². The summed E-state index contributed by atoms with van der Waals surface area (Å²) >= 11 is 0. The van der Waals surface area contributed by atoms with Gasteiger partial charge in [-0.25, -0.2) is 9.97 Å². The standard InChI is InChI=1S/C28H30N4O3.C21H24N4O3/c1-21-7-9-22(10-8-21)18-31-14-13-25(28(31)34)32-16-15-30(19-27(32)33)26-12-11-24(17-29-26)35-20-23-5-3-2-4-6-23;1-15-2-4-16(5-3-15)13-24-9-8-18(21(24)28)25-11-10-23(14-20(25)27)19-7-6-17(26)12-22-19/h2-12,17,25H,13-16,18-20H2,1H3;2-7,12,18,26H,8-11,13-14H2,1H3/t25-;18-/m11/s1. The Morgan fingerprint density at radius 3 is 1.49 bits per heavy atom. The Morgan fingerprint density at radius 2 is 1.05 bits per heavy atom. The number of ether oxygens (including phenoxy) is 1. The van der Waals surface area contributed by atoms with Crippen molar-refractivity contribution in [3.05, 3.63) is 143 Å². The van der Waals surface area contributed by atoms with Crippen LogP contribution >= 0.6 is 0 Å². The van der Waals surface area contributed by atoms with Crippen molar-refractivity contribution in [2.24, 2.45) is 0 Å². The van der Waals surface area contributed by atoms with Crippen LogP contribution in [0.25, 0.3) is 0 Å². The fourth-order valence-corrected chi connectivity index (χ4v) is 8.54. The van der Waals surface area contributed by atoms with Gasteiger partial charge >= 0.3 is 0 Å². The van der Waals surface area contributed by atoms with Gasteiger partial charge in [-0.3, -0.25) is 19.2 Å². The Kier molecular flexibility index (Phi) is 13.2. The van der Waals surface area contributed by atoms with Crippen LogP contribution in [0.5, 0.6) is 11.5 Å². The summed E-state index contributed by atoms with van der Waals surface area (Å²) in [6, 6.07) is 32.7. The number of rotatable bonds is 11. The number of anilines is 2. The Bertz CT molecular complexity index is 2360. The van der Waals surface area contributed by atoms with E-state index in [-0.39, 0.29) is 54.6 Å². The average molecular weight is 851 g/mol. The highest BCUT2D eigenvalue weighted by atomic mass is 16.5. The molecule has 326 valence electrons. The van der Waals surface area contributed by atoms with Crippen molar-refractivity contribution < 1.29 is 29.0 Å². The molecule has 4 aliphatic rings. The van der Waals surface area contributed by atoms with E-state index in [9.17, 15) is 24.3 Å².